The average molecular weight is 333 g/mol. The van der Waals surface area contributed by atoms with E-state index in [1.54, 1.807) is 23.6 Å². The second-order valence-electron chi connectivity index (χ2n) is 5.47. The van der Waals surface area contributed by atoms with Crippen molar-refractivity contribution < 1.29 is 14.0 Å². The fourth-order valence-electron chi connectivity index (χ4n) is 2.60. The maximum Gasteiger partial charge on any atom is 0.231 e. The first-order valence-electron chi connectivity index (χ1n) is 7.31. The number of thiazole rings is 1. The van der Waals surface area contributed by atoms with Gasteiger partial charge in [-0.2, -0.15) is 0 Å². The number of ketones is 1. The number of anilines is 2. The Hall–Kier alpha value is -2.28. The summed E-state index contributed by atoms with van der Waals surface area (Å²) in [7, 11) is 0. The van der Waals surface area contributed by atoms with Crippen LogP contribution in [-0.4, -0.2) is 29.8 Å². The Morgan fingerprint density at radius 1 is 1.39 bits per heavy atom. The third-order valence-corrected chi connectivity index (χ3v) is 4.60. The molecule has 1 amide bonds. The number of amides is 1. The van der Waals surface area contributed by atoms with Crippen LogP contribution in [0.2, 0.25) is 0 Å². The molecule has 0 saturated carbocycles. The summed E-state index contributed by atoms with van der Waals surface area (Å²) < 4.78 is 13.8. The van der Waals surface area contributed by atoms with Gasteiger partial charge in [0.05, 0.1) is 11.6 Å². The Bertz CT molecular complexity index is 746. The van der Waals surface area contributed by atoms with Crippen LogP contribution in [0.15, 0.2) is 29.6 Å². The number of hydrogen-bond acceptors (Lipinski definition) is 5. The Kier molecular flexibility index (Phi) is 4.38. The second-order valence-corrected chi connectivity index (χ2v) is 6.32. The van der Waals surface area contributed by atoms with Crippen LogP contribution in [0, 0.1) is 11.7 Å². The van der Waals surface area contributed by atoms with Gasteiger partial charge in [-0.15, -0.1) is 11.3 Å². The van der Waals surface area contributed by atoms with Gasteiger partial charge in [-0.1, -0.05) is 12.1 Å². The largest absolute Gasteiger partial charge is 0.368 e. The number of hydrogen-bond donors (Lipinski definition) is 1. The van der Waals surface area contributed by atoms with Crippen molar-refractivity contribution in [1.82, 2.24) is 4.98 Å². The molecule has 2 heterocycles. The first-order chi connectivity index (χ1) is 11.0. The number of aromatic nitrogens is 1. The van der Waals surface area contributed by atoms with Crippen LogP contribution < -0.4 is 10.2 Å². The number of carbonyl (C=O) groups excluding carboxylic acids is 2. The molecule has 1 atom stereocenters. The van der Waals surface area contributed by atoms with Crippen molar-refractivity contribution in [3.63, 3.8) is 0 Å². The van der Waals surface area contributed by atoms with Gasteiger partial charge >= 0.3 is 0 Å². The van der Waals surface area contributed by atoms with Crippen LogP contribution in [0.5, 0.6) is 0 Å². The highest BCUT2D eigenvalue weighted by molar-refractivity contribution is 7.14. The van der Waals surface area contributed by atoms with Crippen LogP contribution >= 0.6 is 11.3 Å². The minimum atomic E-state index is -0.278. The lowest BCUT2D eigenvalue weighted by Crippen LogP contribution is -2.27. The van der Waals surface area contributed by atoms with E-state index in [9.17, 15) is 14.0 Å². The van der Waals surface area contributed by atoms with E-state index in [1.165, 1.54) is 24.3 Å². The monoisotopic (exact) mass is 333 g/mol. The van der Waals surface area contributed by atoms with Crippen molar-refractivity contribution >= 4 is 33.8 Å². The van der Waals surface area contributed by atoms with E-state index < -0.39 is 0 Å². The molecule has 1 N–H and O–H groups in total. The van der Waals surface area contributed by atoms with Crippen molar-refractivity contribution in [3.8, 4) is 0 Å². The summed E-state index contributed by atoms with van der Waals surface area (Å²) >= 11 is 1.23. The maximum atomic E-state index is 13.8. The van der Waals surface area contributed by atoms with Gasteiger partial charge in [0.2, 0.25) is 5.91 Å². The van der Waals surface area contributed by atoms with Gasteiger partial charge in [0, 0.05) is 25.4 Å². The van der Waals surface area contributed by atoms with Gasteiger partial charge in [-0.05, 0) is 18.6 Å². The van der Waals surface area contributed by atoms with Crippen molar-refractivity contribution in [2.45, 2.75) is 13.3 Å². The first-order valence-corrected chi connectivity index (χ1v) is 8.19. The van der Waals surface area contributed by atoms with Gasteiger partial charge in [0.15, 0.2) is 10.9 Å². The van der Waals surface area contributed by atoms with E-state index >= 15 is 0 Å². The molecular weight excluding hydrogens is 317 g/mol. The molecule has 1 aliphatic heterocycles. The molecule has 1 saturated heterocycles. The Morgan fingerprint density at radius 3 is 2.87 bits per heavy atom. The molecule has 1 aliphatic rings. The van der Waals surface area contributed by atoms with E-state index in [0.29, 0.717) is 36.0 Å². The Balaban J connectivity index is 1.63. The topological polar surface area (TPSA) is 62.3 Å². The van der Waals surface area contributed by atoms with E-state index in [1.807, 2.05) is 4.90 Å². The minimum absolute atomic E-state index is 0.131. The molecule has 0 bridgehead atoms. The Labute approximate surface area is 137 Å². The number of rotatable bonds is 4. The highest BCUT2D eigenvalue weighted by Gasteiger charge is 2.30. The fraction of sp³-hybridized carbons (Fsp3) is 0.312. The van der Waals surface area contributed by atoms with Crippen molar-refractivity contribution in [2.75, 3.05) is 23.3 Å². The van der Waals surface area contributed by atoms with E-state index in [4.69, 9.17) is 0 Å². The smallest absolute Gasteiger partial charge is 0.231 e. The van der Waals surface area contributed by atoms with Gasteiger partial charge in [0.25, 0.3) is 0 Å². The minimum Gasteiger partial charge on any atom is -0.368 e. The molecular formula is C16H16FN3O2S. The SMILES string of the molecule is CC(=O)c1csc(NC(=O)C2CCN(c3ccccc3F)C2)n1. The molecule has 3 rings (SSSR count). The highest BCUT2D eigenvalue weighted by atomic mass is 32.1. The molecule has 1 unspecified atom stereocenters. The zero-order chi connectivity index (χ0) is 16.4. The van der Waals surface area contributed by atoms with Gasteiger partial charge in [0.1, 0.15) is 11.5 Å². The third kappa shape index (κ3) is 3.39. The van der Waals surface area contributed by atoms with Crippen LogP contribution in [-0.2, 0) is 4.79 Å². The van der Waals surface area contributed by atoms with E-state index in [-0.39, 0.29) is 23.4 Å². The molecule has 1 aromatic carbocycles. The fourth-order valence-corrected chi connectivity index (χ4v) is 3.35. The van der Waals surface area contributed by atoms with Gasteiger partial charge in [-0.25, -0.2) is 9.37 Å². The summed E-state index contributed by atoms with van der Waals surface area (Å²) in [6.07, 6.45) is 0.658. The summed E-state index contributed by atoms with van der Waals surface area (Å²) in [4.78, 5) is 29.5. The molecule has 0 radical (unpaired) electrons. The third-order valence-electron chi connectivity index (χ3n) is 3.85. The van der Waals surface area contributed by atoms with Crippen molar-refractivity contribution in [1.29, 1.82) is 0 Å². The molecule has 7 heteroatoms. The number of carbonyl (C=O) groups is 2. The van der Waals surface area contributed by atoms with Crippen LogP contribution in [0.3, 0.4) is 0 Å². The molecule has 2 aromatic rings. The lowest BCUT2D eigenvalue weighted by atomic mass is 10.1. The number of benzene rings is 1. The number of Topliss-reactive ketones (excluding diaryl/α,β-unsaturated/α-hetero) is 1. The first kappa shape index (κ1) is 15.6. The zero-order valence-electron chi connectivity index (χ0n) is 12.6. The molecule has 1 aromatic heterocycles. The summed E-state index contributed by atoms with van der Waals surface area (Å²) in [5.41, 5.74) is 0.876. The maximum absolute atomic E-state index is 13.8. The summed E-state index contributed by atoms with van der Waals surface area (Å²) in [6, 6.07) is 6.57. The summed E-state index contributed by atoms with van der Waals surface area (Å²) in [5.74, 6) is -0.777. The van der Waals surface area contributed by atoms with Crippen LogP contribution in [0.1, 0.15) is 23.8 Å². The molecule has 5 nitrogen and oxygen atoms in total. The Morgan fingerprint density at radius 2 is 2.17 bits per heavy atom. The standard InChI is InChI=1S/C16H16FN3O2S/c1-10(21)13-9-23-16(18-13)19-15(22)11-6-7-20(8-11)14-5-3-2-4-12(14)17/h2-5,9,11H,6-8H2,1H3,(H,18,19,22). The van der Waals surface area contributed by atoms with Crippen molar-refractivity contribution in [2.24, 2.45) is 5.92 Å². The quantitative estimate of drug-likeness (QED) is 0.874. The number of para-hydroxylation sites is 1. The predicted octanol–water partition coefficient (Wildman–Crippen LogP) is 2.95. The van der Waals surface area contributed by atoms with Crippen LogP contribution in [0.4, 0.5) is 15.2 Å². The molecule has 0 aliphatic carbocycles. The second kappa shape index (κ2) is 6.45. The molecule has 23 heavy (non-hydrogen) atoms. The number of nitrogens with one attached hydrogen (secondary N) is 1. The number of halogens is 1. The highest BCUT2D eigenvalue weighted by Crippen LogP contribution is 2.27. The lowest BCUT2D eigenvalue weighted by molar-refractivity contribution is -0.119. The average Bonchev–Trinajstić information content (AvgIpc) is 3.16. The van der Waals surface area contributed by atoms with E-state index in [0.717, 1.165) is 0 Å². The molecule has 1 fully saturated rings. The normalized spacial score (nSPS) is 17.3. The van der Waals surface area contributed by atoms with Gasteiger partial charge in [-0.3, -0.25) is 9.59 Å². The zero-order valence-corrected chi connectivity index (χ0v) is 13.4. The van der Waals surface area contributed by atoms with Crippen LogP contribution in [0.25, 0.3) is 0 Å². The lowest BCUT2D eigenvalue weighted by Gasteiger charge is -2.18. The summed E-state index contributed by atoms with van der Waals surface area (Å²) in [6.45, 7) is 2.54. The number of nitrogens with zero attached hydrogens (tertiary/aromatic N) is 2. The van der Waals surface area contributed by atoms with Gasteiger partial charge < -0.3 is 10.2 Å². The predicted molar refractivity (Wildman–Crippen MR) is 87.5 cm³/mol. The summed E-state index contributed by atoms with van der Waals surface area (Å²) in [5, 5.41) is 4.79. The molecule has 120 valence electrons. The van der Waals surface area contributed by atoms with E-state index in [2.05, 4.69) is 10.3 Å². The van der Waals surface area contributed by atoms with Crippen molar-refractivity contribution in [3.05, 3.63) is 41.2 Å². The molecule has 0 spiro atoms.